The van der Waals surface area contributed by atoms with Gasteiger partial charge in [0, 0.05) is 12.6 Å². The number of ether oxygens (including phenoxy) is 3. The van der Waals surface area contributed by atoms with Gasteiger partial charge < -0.3 is 14.2 Å². The Bertz CT molecular complexity index is 926. The quantitative estimate of drug-likeness (QED) is 0.769. The second kappa shape index (κ2) is 7.78. The molecule has 6 nitrogen and oxygen atoms in total. The van der Waals surface area contributed by atoms with Crippen LogP contribution in [-0.4, -0.2) is 34.8 Å². The van der Waals surface area contributed by atoms with Gasteiger partial charge in [-0.3, -0.25) is 0 Å². The van der Waals surface area contributed by atoms with Crippen LogP contribution in [0.1, 0.15) is 24.0 Å². The molecule has 1 aliphatic heterocycles. The van der Waals surface area contributed by atoms with Gasteiger partial charge in [0.2, 0.25) is 10.0 Å². The van der Waals surface area contributed by atoms with E-state index in [0.717, 1.165) is 18.6 Å². The fourth-order valence-electron chi connectivity index (χ4n) is 3.42. The van der Waals surface area contributed by atoms with Gasteiger partial charge in [-0.25, -0.2) is 13.1 Å². The summed E-state index contributed by atoms with van der Waals surface area (Å²) in [6.45, 7) is 1.34. The lowest BCUT2D eigenvalue weighted by Gasteiger charge is -2.19. The Morgan fingerprint density at radius 1 is 0.926 bits per heavy atom. The van der Waals surface area contributed by atoms with Crippen molar-refractivity contribution in [1.29, 1.82) is 0 Å². The van der Waals surface area contributed by atoms with Crippen molar-refractivity contribution in [2.75, 3.05) is 26.4 Å². The highest BCUT2D eigenvalue weighted by molar-refractivity contribution is 7.89. The summed E-state index contributed by atoms with van der Waals surface area (Å²) < 4.78 is 44.1. The van der Waals surface area contributed by atoms with Crippen LogP contribution in [0.2, 0.25) is 0 Å². The fraction of sp³-hybridized carbons (Fsp3) is 0.400. The molecule has 0 spiro atoms. The Hall–Kier alpha value is -2.25. The number of nitrogens with one attached hydrogen (secondary N) is 1. The largest absolute Gasteiger partial charge is 0.492 e. The average Bonchev–Trinajstić information content (AvgIpc) is 2.71. The first-order valence-corrected chi connectivity index (χ1v) is 10.7. The highest BCUT2D eigenvalue weighted by atomic mass is 32.2. The highest BCUT2D eigenvalue weighted by Crippen LogP contribution is 2.32. The summed E-state index contributed by atoms with van der Waals surface area (Å²) in [5.74, 6) is 1.81. The molecule has 2 aliphatic rings. The van der Waals surface area contributed by atoms with Gasteiger partial charge >= 0.3 is 0 Å². The number of hydrogen-bond acceptors (Lipinski definition) is 5. The van der Waals surface area contributed by atoms with Crippen molar-refractivity contribution >= 4 is 10.0 Å². The molecule has 0 aromatic heterocycles. The molecule has 7 heteroatoms. The van der Waals surface area contributed by atoms with Crippen LogP contribution >= 0.6 is 0 Å². The molecule has 1 aliphatic carbocycles. The predicted octanol–water partition coefficient (Wildman–Crippen LogP) is 2.69. The zero-order valence-electron chi connectivity index (χ0n) is 15.1. The second-order valence-corrected chi connectivity index (χ2v) is 8.46. The minimum absolute atomic E-state index is 0.153. The van der Waals surface area contributed by atoms with Crippen molar-refractivity contribution in [1.82, 2.24) is 4.72 Å². The normalized spacial score (nSPS) is 15.9. The molecule has 27 heavy (non-hydrogen) atoms. The Morgan fingerprint density at radius 3 is 2.56 bits per heavy atom. The molecule has 0 unspecified atom stereocenters. The Morgan fingerprint density at radius 2 is 1.70 bits per heavy atom. The van der Waals surface area contributed by atoms with Crippen molar-refractivity contribution in [2.24, 2.45) is 0 Å². The molecule has 1 N–H and O–H groups in total. The Labute approximate surface area is 159 Å². The number of rotatable bonds is 6. The second-order valence-electron chi connectivity index (χ2n) is 6.69. The molecule has 0 amide bonds. The number of aryl methyl sites for hydroxylation is 2. The van der Waals surface area contributed by atoms with Gasteiger partial charge in [0.05, 0.1) is 4.90 Å². The summed E-state index contributed by atoms with van der Waals surface area (Å²) in [6, 6.07) is 10.8. The third-order valence-electron chi connectivity index (χ3n) is 4.81. The van der Waals surface area contributed by atoms with E-state index in [1.54, 1.807) is 6.07 Å². The van der Waals surface area contributed by atoms with Crippen molar-refractivity contribution in [3.05, 3.63) is 47.5 Å². The summed E-state index contributed by atoms with van der Waals surface area (Å²) >= 11 is 0. The molecule has 0 bridgehead atoms. The summed E-state index contributed by atoms with van der Waals surface area (Å²) in [7, 11) is -3.63. The molecule has 4 rings (SSSR count). The van der Waals surface area contributed by atoms with Crippen LogP contribution in [0.3, 0.4) is 0 Å². The maximum Gasteiger partial charge on any atom is 0.240 e. The Balaban J connectivity index is 1.33. The van der Waals surface area contributed by atoms with E-state index in [1.165, 1.54) is 36.1 Å². The summed E-state index contributed by atoms with van der Waals surface area (Å²) in [5, 5.41) is 0. The van der Waals surface area contributed by atoms with Crippen molar-refractivity contribution in [3.63, 3.8) is 0 Å². The first-order chi connectivity index (χ1) is 13.1. The van der Waals surface area contributed by atoms with E-state index in [9.17, 15) is 8.42 Å². The van der Waals surface area contributed by atoms with E-state index in [-0.39, 0.29) is 18.0 Å². The number of sulfonamides is 1. The van der Waals surface area contributed by atoms with Gasteiger partial charge in [-0.1, -0.05) is 6.07 Å². The van der Waals surface area contributed by atoms with Gasteiger partial charge in [0.25, 0.3) is 0 Å². The SMILES string of the molecule is O=S(=O)(NCCOc1ccc2c(c1)CCCC2)c1ccc2c(c1)OCCO2. The molecule has 0 saturated heterocycles. The topological polar surface area (TPSA) is 73.9 Å². The lowest BCUT2D eigenvalue weighted by molar-refractivity contribution is 0.171. The van der Waals surface area contributed by atoms with E-state index in [1.807, 2.05) is 6.07 Å². The van der Waals surface area contributed by atoms with Gasteiger partial charge in [-0.05, 0) is 61.1 Å². The molecule has 0 saturated carbocycles. The Kier molecular flexibility index (Phi) is 5.22. The van der Waals surface area contributed by atoms with E-state index in [4.69, 9.17) is 14.2 Å². The molecule has 2 aromatic carbocycles. The van der Waals surface area contributed by atoms with Crippen LogP contribution in [0, 0.1) is 0 Å². The van der Waals surface area contributed by atoms with E-state index >= 15 is 0 Å². The van der Waals surface area contributed by atoms with Crippen LogP contribution < -0.4 is 18.9 Å². The lowest BCUT2D eigenvalue weighted by Crippen LogP contribution is -2.28. The van der Waals surface area contributed by atoms with Gasteiger partial charge in [-0.2, -0.15) is 0 Å². The van der Waals surface area contributed by atoms with Crippen LogP contribution in [0.15, 0.2) is 41.3 Å². The molecule has 144 valence electrons. The van der Waals surface area contributed by atoms with Gasteiger partial charge in [-0.15, -0.1) is 0 Å². The van der Waals surface area contributed by atoms with Crippen molar-refractivity contribution in [2.45, 2.75) is 30.6 Å². The maximum absolute atomic E-state index is 12.5. The van der Waals surface area contributed by atoms with Crippen LogP contribution in [-0.2, 0) is 22.9 Å². The minimum atomic E-state index is -3.63. The van der Waals surface area contributed by atoms with Crippen molar-refractivity contribution in [3.8, 4) is 17.2 Å². The third-order valence-corrected chi connectivity index (χ3v) is 6.27. The molecule has 0 fully saturated rings. The molecule has 0 atom stereocenters. The molecule has 1 heterocycles. The molecule has 0 radical (unpaired) electrons. The molecule has 2 aromatic rings. The number of benzene rings is 2. The van der Waals surface area contributed by atoms with Crippen LogP contribution in [0.5, 0.6) is 17.2 Å². The van der Waals surface area contributed by atoms with Crippen molar-refractivity contribution < 1.29 is 22.6 Å². The average molecular weight is 389 g/mol. The smallest absolute Gasteiger partial charge is 0.240 e. The third kappa shape index (κ3) is 4.20. The fourth-order valence-corrected chi connectivity index (χ4v) is 4.45. The first-order valence-electron chi connectivity index (χ1n) is 9.26. The zero-order chi connectivity index (χ0) is 18.7. The van der Waals surface area contributed by atoms with Gasteiger partial charge in [0.1, 0.15) is 25.6 Å². The first kappa shape index (κ1) is 18.1. The summed E-state index contributed by atoms with van der Waals surface area (Å²) in [6.07, 6.45) is 4.68. The van der Waals surface area contributed by atoms with E-state index in [0.29, 0.717) is 24.7 Å². The number of fused-ring (bicyclic) bond motifs is 2. The predicted molar refractivity (Wildman–Crippen MR) is 101 cm³/mol. The van der Waals surface area contributed by atoms with Gasteiger partial charge in [0.15, 0.2) is 11.5 Å². The summed E-state index contributed by atoms with van der Waals surface area (Å²) in [4.78, 5) is 0.153. The van der Waals surface area contributed by atoms with E-state index < -0.39 is 10.0 Å². The summed E-state index contributed by atoms with van der Waals surface area (Å²) in [5.41, 5.74) is 2.74. The van der Waals surface area contributed by atoms with Crippen LogP contribution in [0.25, 0.3) is 0 Å². The monoisotopic (exact) mass is 389 g/mol. The molecular weight excluding hydrogens is 366 g/mol. The molecular formula is C20H23NO5S. The van der Waals surface area contributed by atoms with E-state index in [2.05, 4.69) is 16.9 Å². The zero-order valence-corrected chi connectivity index (χ0v) is 15.9. The standard InChI is InChI=1S/C20H23NO5S/c22-27(23,18-7-8-19-20(14-18)26-12-11-25-19)21-9-10-24-17-6-5-15-3-1-2-4-16(15)13-17/h5-8,13-14,21H,1-4,9-12H2. The highest BCUT2D eigenvalue weighted by Gasteiger charge is 2.19. The minimum Gasteiger partial charge on any atom is -0.492 e. The lowest BCUT2D eigenvalue weighted by atomic mass is 9.92. The maximum atomic E-state index is 12.5. The van der Waals surface area contributed by atoms with Crippen LogP contribution in [0.4, 0.5) is 0 Å². The number of hydrogen-bond donors (Lipinski definition) is 1.